The number of carbonyl (C=O) groups is 1. The van der Waals surface area contributed by atoms with Crippen molar-refractivity contribution in [3.05, 3.63) is 34.7 Å². The number of rotatable bonds is 2. The summed E-state index contributed by atoms with van der Waals surface area (Å²) in [5, 5.41) is 0.152. The third-order valence-corrected chi connectivity index (χ3v) is 3.44. The van der Waals surface area contributed by atoms with Crippen molar-refractivity contribution in [2.75, 3.05) is 13.2 Å². The van der Waals surface area contributed by atoms with Gasteiger partial charge in [0.05, 0.1) is 24.5 Å². The Kier molecular flexibility index (Phi) is 3.75. The number of hydrogen-bond donors (Lipinski definition) is 0. The first-order valence-electron chi connectivity index (χ1n) is 6.58. The van der Waals surface area contributed by atoms with E-state index in [1.165, 1.54) is 0 Å². The molecular weight excluding hydrogens is 292 g/mol. The van der Waals surface area contributed by atoms with E-state index in [1.54, 1.807) is 6.92 Å². The van der Waals surface area contributed by atoms with Crippen LogP contribution < -0.4 is 9.47 Å². The molecule has 2 heterocycles. The number of aromatic nitrogens is 2. The van der Waals surface area contributed by atoms with Gasteiger partial charge in [-0.25, -0.2) is 9.97 Å². The summed E-state index contributed by atoms with van der Waals surface area (Å²) in [7, 11) is 0. The predicted molar refractivity (Wildman–Crippen MR) is 78.2 cm³/mol. The minimum Gasteiger partial charge on any atom is -0.490 e. The summed E-state index contributed by atoms with van der Waals surface area (Å²) in [4.78, 5) is 19.6. The molecular formula is C15H13ClN2O3. The van der Waals surface area contributed by atoms with Gasteiger partial charge in [0.1, 0.15) is 11.0 Å². The molecule has 0 radical (unpaired) electrons. The molecule has 0 atom stereocenters. The summed E-state index contributed by atoms with van der Waals surface area (Å²) >= 11 is 6.02. The Morgan fingerprint density at radius 2 is 1.95 bits per heavy atom. The molecule has 0 spiro atoms. The fourth-order valence-electron chi connectivity index (χ4n) is 2.18. The molecule has 0 unspecified atom stereocenters. The molecule has 2 aromatic rings. The third-order valence-electron chi connectivity index (χ3n) is 3.15. The van der Waals surface area contributed by atoms with Crippen LogP contribution in [0.25, 0.3) is 11.3 Å². The molecule has 0 saturated heterocycles. The van der Waals surface area contributed by atoms with Crippen molar-refractivity contribution in [3.8, 4) is 22.8 Å². The molecule has 1 aliphatic rings. The first kappa shape index (κ1) is 13.8. The molecule has 0 N–H and O–H groups in total. The van der Waals surface area contributed by atoms with E-state index in [4.69, 9.17) is 21.1 Å². The van der Waals surface area contributed by atoms with Crippen LogP contribution in [0.5, 0.6) is 11.5 Å². The monoisotopic (exact) mass is 304 g/mol. The van der Waals surface area contributed by atoms with Crippen molar-refractivity contribution in [1.29, 1.82) is 0 Å². The largest absolute Gasteiger partial charge is 0.490 e. The number of aryl methyl sites for hydroxylation is 1. The Morgan fingerprint density at radius 3 is 2.71 bits per heavy atom. The summed E-state index contributed by atoms with van der Waals surface area (Å²) in [6.07, 6.45) is 1.50. The lowest BCUT2D eigenvalue weighted by atomic mass is 10.1. The van der Waals surface area contributed by atoms with Crippen LogP contribution in [0, 0.1) is 6.92 Å². The van der Waals surface area contributed by atoms with Gasteiger partial charge in [-0.1, -0.05) is 11.6 Å². The van der Waals surface area contributed by atoms with Crippen molar-refractivity contribution in [2.24, 2.45) is 0 Å². The van der Waals surface area contributed by atoms with Gasteiger partial charge in [-0.05, 0) is 25.1 Å². The van der Waals surface area contributed by atoms with Crippen molar-refractivity contribution in [3.63, 3.8) is 0 Å². The first-order chi connectivity index (χ1) is 10.2. The van der Waals surface area contributed by atoms with Crippen molar-refractivity contribution >= 4 is 17.9 Å². The van der Waals surface area contributed by atoms with E-state index in [-0.39, 0.29) is 10.7 Å². The average molecular weight is 305 g/mol. The number of aldehydes is 1. The number of ether oxygens (including phenoxy) is 2. The second-order valence-corrected chi connectivity index (χ2v) is 5.01. The Balaban J connectivity index is 2.13. The normalized spacial score (nSPS) is 13.6. The van der Waals surface area contributed by atoms with Crippen molar-refractivity contribution in [1.82, 2.24) is 9.97 Å². The SMILES string of the molecule is Cc1nc(Cl)c(C=O)c(-c2ccc3c(c2)OCCCO3)n1. The summed E-state index contributed by atoms with van der Waals surface area (Å²) in [6.45, 7) is 2.96. The Bertz CT molecular complexity index is 704. The van der Waals surface area contributed by atoms with Gasteiger partial charge in [-0.3, -0.25) is 4.79 Å². The maximum absolute atomic E-state index is 11.3. The van der Waals surface area contributed by atoms with Crippen LogP contribution in [0.2, 0.25) is 5.15 Å². The lowest BCUT2D eigenvalue weighted by Crippen LogP contribution is -2.00. The molecule has 5 nitrogen and oxygen atoms in total. The average Bonchev–Trinajstić information content (AvgIpc) is 2.71. The molecule has 0 bridgehead atoms. The number of benzene rings is 1. The second-order valence-electron chi connectivity index (χ2n) is 4.65. The number of halogens is 1. The molecule has 3 rings (SSSR count). The Morgan fingerprint density at radius 1 is 1.19 bits per heavy atom. The molecule has 6 heteroatoms. The molecule has 1 aliphatic heterocycles. The van der Waals surface area contributed by atoms with Gasteiger partial charge in [-0.15, -0.1) is 0 Å². The van der Waals surface area contributed by atoms with Gasteiger partial charge in [0.25, 0.3) is 0 Å². The van der Waals surface area contributed by atoms with Crippen LogP contribution in [0.15, 0.2) is 18.2 Å². The highest BCUT2D eigenvalue weighted by Crippen LogP contribution is 2.35. The van der Waals surface area contributed by atoms with Crippen LogP contribution in [-0.2, 0) is 0 Å². The smallest absolute Gasteiger partial charge is 0.161 e. The van der Waals surface area contributed by atoms with E-state index in [0.29, 0.717) is 42.5 Å². The summed E-state index contributed by atoms with van der Waals surface area (Å²) < 4.78 is 11.2. The van der Waals surface area contributed by atoms with E-state index in [1.807, 2.05) is 18.2 Å². The van der Waals surface area contributed by atoms with E-state index in [2.05, 4.69) is 9.97 Å². The lowest BCUT2D eigenvalue weighted by molar-refractivity contribution is 0.112. The zero-order valence-electron chi connectivity index (χ0n) is 11.4. The predicted octanol–water partition coefficient (Wildman–Crippen LogP) is 3.08. The fourth-order valence-corrected chi connectivity index (χ4v) is 2.44. The van der Waals surface area contributed by atoms with E-state index in [9.17, 15) is 4.79 Å². The number of carbonyl (C=O) groups excluding carboxylic acids is 1. The Labute approximate surface area is 126 Å². The summed E-state index contributed by atoms with van der Waals surface area (Å²) in [6, 6.07) is 5.46. The van der Waals surface area contributed by atoms with Gasteiger partial charge < -0.3 is 9.47 Å². The van der Waals surface area contributed by atoms with Gasteiger partial charge >= 0.3 is 0 Å². The van der Waals surface area contributed by atoms with Gasteiger partial charge in [0.2, 0.25) is 0 Å². The van der Waals surface area contributed by atoms with Crippen molar-refractivity contribution < 1.29 is 14.3 Å². The number of nitrogens with zero attached hydrogens (tertiary/aromatic N) is 2. The Hall–Kier alpha value is -2.14. The quantitative estimate of drug-likeness (QED) is 0.630. The maximum Gasteiger partial charge on any atom is 0.161 e. The summed E-state index contributed by atoms with van der Waals surface area (Å²) in [5.41, 5.74) is 1.52. The minimum atomic E-state index is 0.152. The highest BCUT2D eigenvalue weighted by molar-refractivity contribution is 6.32. The van der Waals surface area contributed by atoms with E-state index < -0.39 is 0 Å². The van der Waals surface area contributed by atoms with E-state index >= 15 is 0 Å². The molecule has 0 aliphatic carbocycles. The molecule has 0 amide bonds. The molecule has 108 valence electrons. The van der Waals surface area contributed by atoms with Crippen molar-refractivity contribution in [2.45, 2.75) is 13.3 Å². The molecule has 1 aromatic carbocycles. The van der Waals surface area contributed by atoms with Gasteiger partial charge in [0.15, 0.2) is 17.8 Å². The van der Waals surface area contributed by atoms with Crippen LogP contribution in [0.4, 0.5) is 0 Å². The third kappa shape index (κ3) is 2.69. The highest BCUT2D eigenvalue weighted by Gasteiger charge is 2.16. The van der Waals surface area contributed by atoms with E-state index in [0.717, 1.165) is 12.0 Å². The number of hydrogen-bond acceptors (Lipinski definition) is 5. The molecule has 1 aromatic heterocycles. The zero-order valence-corrected chi connectivity index (χ0v) is 12.2. The molecule has 21 heavy (non-hydrogen) atoms. The molecule has 0 fully saturated rings. The topological polar surface area (TPSA) is 61.3 Å². The zero-order chi connectivity index (χ0) is 14.8. The van der Waals surface area contributed by atoms with Gasteiger partial charge in [-0.2, -0.15) is 0 Å². The van der Waals surface area contributed by atoms with Crippen LogP contribution in [0.3, 0.4) is 0 Å². The number of fused-ring (bicyclic) bond motifs is 1. The first-order valence-corrected chi connectivity index (χ1v) is 6.96. The minimum absolute atomic E-state index is 0.152. The summed E-state index contributed by atoms with van der Waals surface area (Å²) in [5.74, 6) is 1.85. The van der Waals surface area contributed by atoms with Crippen LogP contribution in [0.1, 0.15) is 22.6 Å². The van der Waals surface area contributed by atoms with Crippen LogP contribution >= 0.6 is 11.6 Å². The lowest BCUT2D eigenvalue weighted by Gasteiger charge is -2.11. The fraction of sp³-hybridized carbons (Fsp3) is 0.267. The standard InChI is InChI=1S/C15H13ClN2O3/c1-9-17-14(11(8-19)15(16)18-9)10-3-4-12-13(7-10)21-6-2-5-20-12/h3-4,7-8H,2,5-6H2,1H3. The van der Waals surface area contributed by atoms with Gasteiger partial charge in [0, 0.05) is 12.0 Å². The molecule has 0 saturated carbocycles. The van der Waals surface area contributed by atoms with Crippen LogP contribution in [-0.4, -0.2) is 29.5 Å². The highest BCUT2D eigenvalue weighted by atomic mass is 35.5. The maximum atomic E-state index is 11.3. The second kappa shape index (κ2) is 5.69.